The zero-order valence-corrected chi connectivity index (χ0v) is 8.58. The molecule has 0 amide bonds. The molecule has 2 aromatic rings. The van der Waals surface area contributed by atoms with Crippen LogP contribution < -0.4 is 0 Å². The topological polar surface area (TPSA) is 37.3 Å². The molecule has 0 atom stereocenters. The smallest absolute Gasteiger partial charge is 0.336 e. The van der Waals surface area contributed by atoms with E-state index in [1.54, 1.807) is 12.1 Å². The van der Waals surface area contributed by atoms with Crippen LogP contribution in [0.25, 0.3) is 10.8 Å². The molecule has 70 valence electrons. The molecular weight excluding hydrogens is 216 g/mol. The number of carbonyl (C=O) groups is 1. The molecule has 2 rings (SSSR count). The normalized spacial score (nSPS) is 9.43. The number of benzene rings is 2. The van der Waals surface area contributed by atoms with Crippen LogP contribution >= 0.6 is 0 Å². The number of fused-ring (bicyclic) bond motifs is 1. The van der Waals surface area contributed by atoms with Gasteiger partial charge in [0.25, 0.3) is 0 Å². The molecule has 0 aliphatic rings. The fourth-order valence-corrected chi connectivity index (χ4v) is 1.41. The zero-order chi connectivity index (χ0) is 9.26. The van der Waals surface area contributed by atoms with Crippen LogP contribution in [0.2, 0.25) is 0 Å². The van der Waals surface area contributed by atoms with E-state index in [4.69, 9.17) is 5.11 Å². The maximum atomic E-state index is 10.8. The van der Waals surface area contributed by atoms with Crippen LogP contribution in [0.15, 0.2) is 42.5 Å². The molecular formula is C11H8CrO2. The third-order valence-electron chi connectivity index (χ3n) is 2.02. The SMILES string of the molecule is O=C(O)c1cccc2ccccc12.[Cr]. The van der Waals surface area contributed by atoms with E-state index in [1.807, 2.05) is 30.3 Å². The first-order valence-electron chi connectivity index (χ1n) is 4.00. The molecule has 0 radical (unpaired) electrons. The van der Waals surface area contributed by atoms with E-state index >= 15 is 0 Å². The second kappa shape index (κ2) is 4.28. The summed E-state index contributed by atoms with van der Waals surface area (Å²) in [6.07, 6.45) is 0. The molecule has 1 N–H and O–H groups in total. The van der Waals surface area contributed by atoms with Gasteiger partial charge in [-0.1, -0.05) is 36.4 Å². The molecule has 0 heterocycles. The van der Waals surface area contributed by atoms with Crippen LogP contribution in [0.1, 0.15) is 10.4 Å². The molecule has 3 heteroatoms. The van der Waals surface area contributed by atoms with Crippen molar-refractivity contribution >= 4 is 16.7 Å². The van der Waals surface area contributed by atoms with Crippen molar-refractivity contribution in [2.45, 2.75) is 0 Å². The number of carboxylic acids is 1. The van der Waals surface area contributed by atoms with E-state index in [1.165, 1.54) is 0 Å². The Kier molecular flexibility index (Phi) is 3.29. The quantitative estimate of drug-likeness (QED) is 0.808. The summed E-state index contributed by atoms with van der Waals surface area (Å²) in [5.41, 5.74) is 0.359. The molecule has 0 saturated heterocycles. The van der Waals surface area contributed by atoms with Crippen molar-refractivity contribution in [1.29, 1.82) is 0 Å². The van der Waals surface area contributed by atoms with Crippen molar-refractivity contribution < 1.29 is 27.3 Å². The van der Waals surface area contributed by atoms with E-state index < -0.39 is 5.97 Å². The van der Waals surface area contributed by atoms with Crippen molar-refractivity contribution in [3.63, 3.8) is 0 Å². The van der Waals surface area contributed by atoms with Crippen LogP contribution in [-0.4, -0.2) is 11.1 Å². The summed E-state index contributed by atoms with van der Waals surface area (Å²) in [6, 6.07) is 12.7. The van der Waals surface area contributed by atoms with Crippen LogP contribution in [0.3, 0.4) is 0 Å². The number of hydrogen-bond donors (Lipinski definition) is 1. The van der Waals surface area contributed by atoms with Crippen LogP contribution in [0, 0.1) is 0 Å². The summed E-state index contributed by atoms with van der Waals surface area (Å²) in [7, 11) is 0. The Labute approximate surface area is 92.3 Å². The van der Waals surface area contributed by atoms with E-state index in [2.05, 4.69) is 0 Å². The van der Waals surface area contributed by atoms with Gasteiger partial charge in [0.2, 0.25) is 0 Å². The number of hydrogen-bond acceptors (Lipinski definition) is 1. The van der Waals surface area contributed by atoms with Crippen LogP contribution in [0.5, 0.6) is 0 Å². The van der Waals surface area contributed by atoms with Gasteiger partial charge < -0.3 is 5.11 Å². The average Bonchev–Trinajstić information content (AvgIpc) is 2.17. The van der Waals surface area contributed by atoms with Gasteiger partial charge in [0.1, 0.15) is 0 Å². The monoisotopic (exact) mass is 224 g/mol. The first-order valence-corrected chi connectivity index (χ1v) is 4.00. The first kappa shape index (κ1) is 10.8. The molecule has 14 heavy (non-hydrogen) atoms. The van der Waals surface area contributed by atoms with Gasteiger partial charge in [-0.2, -0.15) is 0 Å². The average molecular weight is 224 g/mol. The molecule has 0 spiro atoms. The third-order valence-corrected chi connectivity index (χ3v) is 2.02. The van der Waals surface area contributed by atoms with E-state index in [-0.39, 0.29) is 17.4 Å². The minimum atomic E-state index is -0.878. The summed E-state index contributed by atoms with van der Waals surface area (Å²) in [5.74, 6) is -0.878. The summed E-state index contributed by atoms with van der Waals surface area (Å²) >= 11 is 0. The summed E-state index contributed by atoms with van der Waals surface area (Å²) in [4.78, 5) is 10.8. The maximum Gasteiger partial charge on any atom is 0.336 e. The molecule has 0 aromatic heterocycles. The van der Waals surface area contributed by atoms with Gasteiger partial charge in [-0.25, -0.2) is 4.79 Å². The fourth-order valence-electron chi connectivity index (χ4n) is 1.41. The van der Waals surface area contributed by atoms with Crippen LogP contribution in [0.4, 0.5) is 0 Å². The second-order valence-electron chi connectivity index (χ2n) is 2.83. The Morgan fingerprint density at radius 1 is 1.00 bits per heavy atom. The van der Waals surface area contributed by atoms with Gasteiger partial charge in [-0.3, -0.25) is 0 Å². The van der Waals surface area contributed by atoms with Gasteiger partial charge in [0.05, 0.1) is 5.56 Å². The van der Waals surface area contributed by atoms with Crippen LogP contribution in [-0.2, 0) is 17.4 Å². The second-order valence-corrected chi connectivity index (χ2v) is 2.83. The summed E-state index contributed by atoms with van der Waals surface area (Å²) in [5, 5.41) is 10.6. The molecule has 0 aliphatic heterocycles. The molecule has 0 unspecified atom stereocenters. The van der Waals surface area contributed by atoms with Crippen molar-refractivity contribution in [3.05, 3.63) is 48.0 Å². The van der Waals surface area contributed by atoms with Gasteiger partial charge in [0.15, 0.2) is 0 Å². The van der Waals surface area contributed by atoms with E-state index in [0.29, 0.717) is 5.56 Å². The Bertz CT molecular complexity index is 460. The first-order chi connectivity index (χ1) is 6.29. The maximum absolute atomic E-state index is 10.8. The number of aromatic carboxylic acids is 1. The molecule has 0 fully saturated rings. The van der Waals surface area contributed by atoms with Crippen molar-refractivity contribution in [2.75, 3.05) is 0 Å². The predicted octanol–water partition coefficient (Wildman–Crippen LogP) is 2.54. The summed E-state index contributed by atoms with van der Waals surface area (Å²) in [6.45, 7) is 0. The Morgan fingerprint density at radius 2 is 1.64 bits per heavy atom. The van der Waals surface area contributed by atoms with Gasteiger partial charge in [0, 0.05) is 17.4 Å². The van der Waals surface area contributed by atoms with E-state index in [0.717, 1.165) is 10.8 Å². The van der Waals surface area contributed by atoms with E-state index in [9.17, 15) is 4.79 Å². The minimum Gasteiger partial charge on any atom is -0.478 e. The zero-order valence-electron chi connectivity index (χ0n) is 7.31. The molecule has 0 bridgehead atoms. The molecule has 2 nitrogen and oxygen atoms in total. The standard InChI is InChI=1S/C11H8O2.Cr/c12-11(13)10-7-3-5-8-4-1-2-6-9(8)10;/h1-7H,(H,12,13);. The predicted molar refractivity (Wildman–Crippen MR) is 50.9 cm³/mol. The third kappa shape index (κ3) is 1.79. The minimum absolute atomic E-state index is 0. The van der Waals surface area contributed by atoms with Gasteiger partial charge in [-0.05, 0) is 16.8 Å². The number of carboxylic acid groups (broad SMARTS) is 1. The molecule has 0 saturated carbocycles. The number of rotatable bonds is 1. The van der Waals surface area contributed by atoms with Crippen molar-refractivity contribution in [1.82, 2.24) is 0 Å². The van der Waals surface area contributed by atoms with Crippen molar-refractivity contribution in [2.24, 2.45) is 0 Å². The molecule has 0 aliphatic carbocycles. The summed E-state index contributed by atoms with van der Waals surface area (Å²) < 4.78 is 0. The molecule has 2 aromatic carbocycles. The van der Waals surface area contributed by atoms with Crippen molar-refractivity contribution in [3.8, 4) is 0 Å². The fraction of sp³-hybridized carbons (Fsp3) is 0. The Hall–Kier alpha value is -1.30. The van der Waals surface area contributed by atoms with Gasteiger partial charge in [-0.15, -0.1) is 0 Å². The Balaban J connectivity index is 0.000000980. The Morgan fingerprint density at radius 3 is 2.36 bits per heavy atom. The van der Waals surface area contributed by atoms with Gasteiger partial charge >= 0.3 is 5.97 Å². The largest absolute Gasteiger partial charge is 0.478 e.